The van der Waals surface area contributed by atoms with Crippen molar-refractivity contribution in [1.82, 2.24) is 4.90 Å². The van der Waals surface area contributed by atoms with Gasteiger partial charge in [0.05, 0.1) is 0 Å². The summed E-state index contributed by atoms with van der Waals surface area (Å²) in [5.41, 5.74) is -0.589. The molecule has 0 saturated heterocycles. The minimum Gasteiger partial charge on any atom is -0.479 e. The van der Waals surface area contributed by atoms with Crippen LogP contribution in [-0.4, -0.2) is 34.0 Å². The van der Waals surface area contributed by atoms with Crippen LogP contribution in [-0.2, 0) is 9.59 Å². The summed E-state index contributed by atoms with van der Waals surface area (Å²) in [6, 6.07) is -0.0637. The van der Waals surface area contributed by atoms with Crippen LogP contribution >= 0.6 is 0 Å². The minimum atomic E-state index is -0.968. The molecule has 4 nitrogen and oxygen atoms in total. The van der Waals surface area contributed by atoms with Crippen molar-refractivity contribution in [2.45, 2.75) is 76.8 Å². The van der Waals surface area contributed by atoms with Crippen molar-refractivity contribution in [2.24, 2.45) is 5.41 Å². The highest BCUT2D eigenvalue weighted by molar-refractivity contribution is 5.81. The first-order valence-electron chi connectivity index (χ1n) is 7.43. The third kappa shape index (κ3) is 2.37. The molecule has 19 heavy (non-hydrogen) atoms. The number of carbonyl (C=O) groups excluding carboxylic acids is 1. The standard InChI is InChI=1S/C15H25NO3/c1-12(2)16(11-17)15(13(18)19)9-7-14(8-10-15)5-3-4-6-14/h11-12H,3-10H2,1-2H3,(H,18,19). The van der Waals surface area contributed by atoms with E-state index in [1.165, 1.54) is 30.6 Å². The van der Waals surface area contributed by atoms with E-state index in [-0.39, 0.29) is 6.04 Å². The number of nitrogens with zero attached hydrogens (tertiary/aromatic N) is 1. The molecule has 0 radical (unpaired) electrons. The lowest BCUT2D eigenvalue weighted by molar-refractivity contribution is -0.162. The van der Waals surface area contributed by atoms with Gasteiger partial charge >= 0.3 is 5.97 Å². The van der Waals surface area contributed by atoms with E-state index in [1.807, 2.05) is 13.8 Å². The van der Waals surface area contributed by atoms with Crippen molar-refractivity contribution < 1.29 is 14.7 Å². The van der Waals surface area contributed by atoms with Gasteiger partial charge in [-0.1, -0.05) is 12.8 Å². The van der Waals surface area contributed by atoms with Crippen LogP contribution in [0.1, 0.15) is 65.2 Å². The van der Waals surface area contributed by atoms with Crippen LogP contribution in [0.2, 0.25) is 0 Å². The summed E-state index contributed by atoms with van der Waals surface area (Å²) < 4.78 is 0. The van der Waals surface area contributed by atoms with Crippen LogP contribution in [0.15, 0.2) is 0 Å². The van der Waals surface area contributed by atoms with Crippen LogP contribution in [0.25, 0.3) is 0 Å². The molecule has 2 aliphatic carbocycles. The van der Waals surface area contributed by atoms with E-state index >= 15 is 0 Å². The fraction of sp³-hybridized carbons (Fsp3) is 0.867. The molecule has 108 valence electrons. The molecule has 1 spiro atoms. The summed E-state index contributed by atoms with van der Waals surface area (Å²) in [5.74, 6) is -0.832. The van der Waals surface area contributed by atoms with Gasteiger partial charge in [-0.05, 0) is 57.8 Å². The van der Waals surface area contributed by atoms with Crippen molar-refractivity contribution in [3.05, 3.63) is 0 Å². The molecule has 0 unspecified atom stereocenters. The summed E-state index contributed by atoms with van der Waals surface area (Å²) in [6.07, 6.45) is 8.90. The lowest BCUT2D eigenvalue weighted by Crippen LogP contribution is -2.59. The zero-order chi connectivity index (χ0) is 14.1. The zero-order valence-electron chi connectivity index (χ0n) is 12.0. The highest BCUT2D eigenvalue weighted by atomic mass is 16.4. The summed E-state index contributed by atoms with van der Waals surface area (Å²) in [5, 5.41) is 9.67. The van der Waals surface area contributed by atoms with Gasteiger partial charge in [0.2, 0.25) is 6.41 Å². The highest BCUT2D eigenvalue weighted by Crippen LogP contribution is 2.52. The molecule has 0 aromatic rings. The van der Waals surface area contributed by atoms with Gasteiger partial charge in [0.15, 0.2) is 0 Å². The van der Waals surface area contributed by atoms with Gasteiger partial charge in [0.1, 0.15) is 5.54 Å². The van der Waals surface area contributed by atoms with Crippen molar-refractivity contribution in [2.75, 3.05) is 0 Å². The fourth-order valence-electron chi connectivity index (χ4n) is 4.12. The molecule has 0 atom stereocenters. The average molecular weight is 267 g/mol. The predicted molar refractivity (Wildman–Crippen MR) is 72.8 cm³/mol. The molecule has 2 rings (SSSR count). The SMILES string of the molecule is CC(C)N(C=O)C1(C(=O)O)CCC2(CCCC2)CC1. The van der Waals surface area contributed by atoms with Gasteiger partial charge in [0, 0.05) is 6.04 Å². The van der Waals surface area contributed by atoms with Gasteiger partial charge in [-0.25, -0.2) is 4.79 Å². The van der Waals surface area contributed by atoms with Gasteiger partial charge in [-0.2, -0.15) is 0 Å². The zero-order valence-corrected chi connectivity index (χ0v) is 12.0. The number of rotatable bonds is 4. The number of carbonyl (C=O) groups is 2. The van der Waals surface area contributed by atoms with Gasteiger partial charge < -0.3 is 10.0 Å². The van der Waals surface area contributed by atoms with E-state index in [1.54, 1.807) is 0 Å². The van der Waals surface area contributed by atoms with E-state index < -0.39 is 11.5 Å². The first-order chi connectivity index (χ1) is 8.96. The Morgan fingerprint density at radius 2 is 1.63 bits per heavy atom. The first kappa shape index (κ1) is 14.4. The number of carboxylic acids is 1. The highest BCUT2D eigenvalue weighted by Gasteiger charge is 2.51. The Bertz CT molecular complexity index is 348. The first-order valence-corrected chi connectivity index (χ1v) is 7.43. The third-order valence-corrected chi connectivity index (χ3v) is 5.36. The molecule has 2 aliphatic rings. The number of carboxylic acid groups (broad SMARTS) is 1. The molecule has 0 aromatic heterocycles. The van der Waals surface area contributed by atoms with Gasteiger partial charge in [0.25, 0.3) is 0 Å². The molecular weight excluding hydrogens is 242 g/mol. The van der Waals surface area contributed by atoms with E-state index in [4.69, 9.17) is 0 Å². The van der Waals surface area contributed by atoms with Crippen molar-refractivity contribution in [3.63, 3.8) is 0 Å². The van der Waals surface area contributed by atoms with Crippen LogP contribution in [0.3, 0.4) is 0 Å². The Kier molecular flexibility index (Phi) is 3.88. The molecular formula is C15H25NO3. The number of amides is 1. The maximum atomic E-state index is 11.8. The molecule has 4 heteroatoms. The Labute approximate surface area is 115 Å². The quantitative estimate of drug-likeness (QED) is 0.797. The second-order valence-electron chi connectivity index (χ2n) is 6.65. The Morgan fingerprint density at radius 3 is 2.00 bits per heavy atom. The van der Waals surface area contributed by atoms with Crippen LogP contribution in [0.4, 0.5) is 0 Å². The summed E-state index contributed by atoms with van der Waals surface area (Å²) >= 11 is 0. The van der Waals surface area contributed by atoms with Crippen LogP contribution < -0.4 is 0 Å². The Balaban J connectivity index is 2.19. The van der Waals surface area contributed by atoms with E-state index in [9.17, 15) is 14.7 Å². The average Bonchev–Trinajstić information content (AvgIpc) is 2.81. The van der Waals surface area contributed by atoms with Crippen LogP contribution in [0, 0.1) is 5.41 Å². The van der Waals surface area contributed by atoms with Crippen molar-refractivity contribution >= 4 is 12.4 Å². The molecule has 0 aromatic carbocycles. The number of hydrogen-bond donors (Lipinski definition) is 1. The minimum absolute atomic E-state index is 0.0637. The summed E-state index contributed by atoms with van der Waals surface area (Å²) in [4.78, 5) is 24.6. The topological polar surface area (TPSA) is 57.6 Å². The lowest BCUT2D eigenvalue weighted by Gasteiger charge is -2.48. The molecule has 1 amide bonds. The monoisotopic (exact) mass is 267 g/mol. The predicted octanol–water partition coefficient (Wildman–Crippen LogP) is 2.81. The molecule has 0 aliphatic heterocycles. The number of hydrogen-bond acceptors (Lipinski definition) is 2. The Morgan fingerprint density at radius 1 is 1.11 bits per heavy atom. The normalized spacial score (nSPS) is 24.6. The molecule has 0 bridgehead atoms. The van der Waals surface area contributed by atoms with Gasteiger partial charge in [-0.15, -0.1) is 0 Å². The smallest absolute Gasteiger partial charge is 0.329 e. The van der Waals surface area contributed by atoms with Gasteiger partial charge in [-0.3, -0.25) is 4.79 Å². The molecule has 2 fully saturated rings. The molecule has 0 heterocycles. The largest absolute Gasteiger partial charge is 0.479 e. The summed E-state index contributed by atoms with van der Waals surface area (Å²) in [7, 11) is 0. The van der Waals surface area contributed by atoms with E-state index in [0.717, 1.165) is 19.3 Å². The van der Waals surface area contributed by atoms with E-state index in [2.05, 4.69) is 0 Å². The third-order valence-electron chi connectivity index (χ3n) is 5.36. The van der Waals surface area contributed by atoms with Crippen molar-refractivity contribution in [3.8, 4) is 0 Å². The maximum absolute atomic E-state index is 11.8. The second kappa shape index (κ2) is 5.14. The second-order valence-corrected chi connectivity index (χ2v) is 6.65. The Hall–Kier alpha value is -1.06. The number of aliphatic carboxylic acids is 1. The van der Waals surface area contributed by atoms with Crippen LogP contribution in [0.5, 0.6) is 0 Å². The maximum Gasteiger partial charge on any atom is 0.329 e. The molecule has 1 N–H and O–H groups in total. The van der Waals surface area contributed by atoms with Crippen molar-refractivity contribution in [1.29, 1.82) is 0 Å². The summed E-state index contributed by atoms with van der Waals surface area (Å²) in [6.45, 7) is 3.78. The molecule has 2 saturated carbocycles. The fourth-order valence-corrected chi connectivity index (χ4v) is 4.12. The lowest BCUT2D eigenvalue weighted by atomic mass is 9.65. The van der Waals surface area contributed by atoms with E-state index in [0.29, 0.717) is 18.3 Å².